The quantitative estimate of drug-likeness (QED) is 0.753. The summed E-state index contributed by atoms with van der Waals surface area (Å²) in [5.74, 6) is -0.853. The van der Waals surface area contributed by atoms with E-state index in [4.69, 9.17) is 5.73 Å². The SMILES string of the molecule is C=C/C(=C(\C)C(C)(C)F)[C@H]1CNC(=O)[C@@H]1C(=C)N. The molecule has 18 heavy (non-hydrogen) atoms. The minimum Gasteiger partial charge on any atom is -0.402 e. The lowest BCUT2D eigenvalue weighted by Gasteiger charge is -2.24. The van der Waals surface area contributed by atoms with Crippen LogP contribution in [0.4, 0.5) is 4.39 Å². The molecule has 1 rings (SSSR count). The first kappa shape index (κ1) is 14.5. The Balaban J connectivity index is 3.22. The summed E-state index contributed by atoms with van der Waals surface area (Å²) in [5.41, 5.74) is 5.84. The van der Waals surface area contributed by atoms with Crippen molar-refractivity contribution in [3.05, 3.63) is 36.1 Å². The van der Waals surface area contributed by atoms with E-state index in [2.05, 4.69) is 18.5 Å². The van der Waals surface area contributed by atoms with Crippen molar-refractivity contribution < 1.29 is 9.18 Å². The van der Waals surface area contributed by atoms with Crippen molar-refractivity contribution in [2.24, 2.45) is 17.6 Å². The number of halogens is 1. The van der Waals surface area contributed by atoms with E-state index in [9.17, 15) is 9.18 Å². The largest absolute Gasteiger partial charge is 0.402 e. The highest BCUT2D eigenvalue weighted by Crippen LogP contribution is 2.35. The first-order valence-corrected chi connectivity index (χ1v) is 5.94. The van der Waals surface area contributed by atoms with Gasteiger partial charge in [-0.3, -0.25) is 4.79 Å². The molecule has 1 heterocycles. The van der Waals surface area contributed by atoms with Crippen molar-refractivity contribution in [1.82, 2.24) is 5.32 Å². The second-order valence-corrected chi connectivity index (χ2v) is 5.16. The van der Waals surface area contributed by atoms with E-state index >= 15 is 0 Å². The minimum absolute atomic E-state index is 0.156. The number of hydrogen-bond acceptors (Lipinski definition) is 2. The summed E-state index contributed by atoms with van der Waals surface area (Å²) in [5, 5.41) is 2.74. The summed E-state index contributed by atoms with van der Waals surface area (Å²) in [6.07, 6.45) is 1.61. The van der Waals surface area contributed by atoms with E-state index < -0.39 is 11.6 Å². The van der Waals surface area contributed by atoms with Crippen LogP contribution >= 0.6 is 0 Å². The summed E-state index contributed by atoms with van der Waals surface area (Å²) in [6, 6.07) is 0. The second-order valence-electron chi connectivity index (χ2n) is 5.16. The van der Waals surface area contributed by atoms with Gasteiger partial charge in [0.1, 0.15) is 5.67 Å². The lowest BCUT2D eigenvalue weighted by Crippen LogP contribution is -2.27. The third-order valence-corrected chi connectivity index (χ3v) is 3.52. The number of allylic oxidation sites excluding steroid dienone is 2. The lowest BCUT2D eigenvalue weighted by atomic mass is 9.81. The van der Waals surface area contributed by atoms with Gasteiger partial charge < -0.3 is 11.1 Å². The number of nitrogens with one attached hydrogen (secondary N) is 1. The van der Waals surface area contributed by atoms with Gasteiger partial charge in [-0.25, -0.2) is 4.39 Å². The van der Waals surface area contributed by atoms with Crippen LogP contribution in [0.5, 0.6) is 0 Å². The second kappa shape index (κ2) is 4.96. The molecular formula is C14H21FN2O. The van der Waals surface area contributed by atoms with Crippen molar-refractivity contribution in [2.75, 3.05) is 6.54 Å². The Morgan fingerprint density at radius 2 is 2.17 bits per heavy atom. The van der Waals surface area contributed by atoms with Crippen LogP contribution in [0.1, 0.15) is 20.8 Å². The molecule has 100 valence electrons. The Bertz CT molecular complexity index is 418. The summed E-state index contributed by atoms with van der Waals surface area (Å²) in [7, 11) is 0. The van der Waals surface area contributed by atoms with Crippen LogP contribution in [0.25, 0.3) is 0 Å². The fourth-order valence-corrected chi connectivity index (χ4v) is 2.26. The Hall–Kier alpha value is -1.58. The van der Waals surface area contributed by atoms with Gasteiger partial charge in [-0.15, -0.1) is 0 Å². The van der Waals surface area contributed by atoms with Crippen LogP contribution in [0.3, 0.4) is 0 Å². The van der Waals surface area contributed by atoms with Crippen LogP contribution in [-0.2, 0) is 4.79 Å². The number of amides is 1. The molecule has 0 aromatic carbocycles. The Morgan fingerprint density at radius 1 is 1.61 bits per heavy atom. The summed E-state index contributed by atoms with van der Waals surface area (Å²) >= 11 is 0. The fourth-order valence-electron chi connectivity index (χ4n) is 2.26. The molecule has 0 aromatic rings. The van der Waals surface area contributed by atoms with Crippen LogP contribution in [0, 0.1) is 11.8 Å². The third kappa shape index (κ3) is 2.63. The van der Waals surface area contributed by atoms with Crippen molar-refractivity contribution in [3.8, 4) is 0 Å². The highest BCUT2D eigenvalue weighted by Gasteiger charge is 2.39. The molecule has 0 saturated carbocycles. The molecule has 0 unspecified atom stereocenters. The molecular weight excluding hydrogens is 231 g/mol. The van der Waals surface area contributed by atoms with Crippen LogP contribution in [0.2, 0.25) is 0 Å². The average molecular weight is 252 g/mol. The van der Waals surface area contributed by atoms with Crippen molar-refractivity contribution in [2.45, 2.75) is 26.4 Å². The molecule has 0 aromatic heterocycles. The molecule has 1 fully saturated rings. The molecule has 0 aliphatic carbocycles. The van der Waals surface area contributed by atoms with Gasteiger partial charge in [-0.05, 0) is 31.9 Å². The van der Waals surface area contributed by atoms with E-state index in [1.807, 2.05) is 0 Å². The van der Waals surface area contributed by atoms with E-state index in [1.165, 1.54) is 13.8 Å². The van der Waals surface area contributed by atoms with Crippen LogP contribution in [-0.4, -0.2) is 18.1 Å². The molecule has 2 atom stereocenters. The predicted molar refractivity (Wildman–Crippen MR) is 71.4 cm³/mol. The topological polar surface area (TPSA) is 55.1 Å². The molecule has 1 amide bonds. The average Bonchev–Trinajstić information content (AvgIpc) is 2.60. The monoisotopic (exact) mass is 252 g/mol. The zero-order valence-corrected chi connectivity index (χ0v) is 11.2. The Morgan fingerprint density at radius 3 is 2.56 bits per heavy atom. The Labute approximate surface area is 108 Å². The molecule has 1 saturated heterocycles. The highest BCUT2D eigenvalue weighted by atomic mass is 19.1. The Kier molecular flexibility index (Phi) is 3.99. The molecule has 3 N–H and O–H groups in total. The lowest BCUT2D eigenvalue weighted by molar-refractivity contribution is -0.121. The van der Waals surface area contributed by atoms with Gasteiger partial charge in [0.25, 0.3) is 0 Å². The maximum absolute atomic E-state index is 14.0. The van der Waals surface area contributed by atoms with E-state index in [0.717, 1.165) is 5.57 Å². The maximum atomic E-state index is 14.0. The van der Waals surface area contributed by atoms with Gasteiger partial charge in [0.15, 0.2) is 0 Å². The molecule has 3 nitrogen and oxygen atoms in total. The van der Waals surface area contributed by atoms with Gasteiger partial charge in [0.05, 0.1) is 5.92 Å². The van der Waals surface area contributed by atoms with Crippen molar-refractivity contribution in [1.29, 1.82) is 0 Å². The highest BCUT2D eigenvalue weighted by molar-refractivity contribution is 5.84. The molecule has 0 bridgehead atoms. The van der Waals surface area contributed by atoms with E-state index in [0.29, 0.717) is 17.8 Å². The number of nitrogens with two attached hydrogens (primary N) is 1. The molecule has 1 aliphatic heterocycles. The zero-order chi connectivity index (χ0) is 14.1. The summed E-state index contributed by atoms with van der Waals surface area (Å²) < 4.78 is 14.0. The van der Waals surface area contributed by atoms with Gasteiger partial charge in [-0.2, -0.15) is 0 Å². The third-order valence-electron chi connectivity index (χ3n) is 3.52. The smallest absolute Gasteiger partial charge is 0.229 e. The van der Waals surface area contributed by atoms with E-state index in [-0.39, 0.29) is 11.8 Å². The summed E-state index contributed by atoms with van der Waals surface area (Å²) in [6.45, 7) is 12.5. The molecule has 4 heteroatoms. The van der Waals surface area contributed by atoms with Crippen LogP contribution < -0.4 is 11.1 Å². The number of carbonyl (C=O) groups excluding carboxylic acids is 1. The summed E-state index contributed by atoms with van der Waals surface area (Å²) in [4.78, 5) is 11.7. The molecule has 1 aliphatic rings. The number of hydrogen-bond donors (Lipinski definition) is 2. The minimum atomic E-state index is -1.45. The van der Waals surface area contributed by atoms with E-state index in [1.54, 1.807) is 13.0 Å². The van der Waals surface area contributed by atoms with Crippen LogP contribution in [0.15, 0.2) is 36.1 Å². The first-order valence-electron chi connectivity index (χ1n) is 5.94. The fraction of sp³-hybridized carbons (Fsp3) is 0.500. The number of carbonyl (C=O) groups is 1. The predicted octanol–water partition coefficient (Wildman–Crippen LogP) is 2.07. The first-order chi connectivity index (χ1) is 8.20. The van der Waals surface area contributed by atoms with Gasteiger partial charge in [0, 0.05) is 18.2 Å². The van der Waals surface area contributed by atoms with Gasteiger partial charge >= 0.3 is 0 Å². The standard InChI is InChI=1S/C14H21FN2O/c1-6-10(8(2)14(4,5)15)11-7-17-13(18)12(11)9(3)16/h6,11-12H,1,3,7,16H2,2,4-5H3,(H,17,18)/b10-8-/t11-,12-/m1/s1. The molecule has 0 radical (unpaired) electrons. The maximum Gasteiger partial charge on any atom is 0.229 e. The molecule has 0 spiro atoms. The van der Waals surface area contributed by atoms with Crippen molar-refractivity contribution in [3.63, 3.8) is 0 Å². The normalized spacial score (nSPS) is 25.4. The van der Waals surface area contributed by atoms with Crippen molar-refractivity contribution >= 4 is 5.91 Å². The zero-order valence-electron chi connectivity index (χ0n) is 11.2. The number of rotatable bonds is 4. The number of alkyl halides is 1. The van der Waals surface area contributed by atoms with Gasteiger partial charge in [-0.1, -0.05) is 19.2 Å². The van der Waals surface area contributed by atoms with Gasteiger partial charge in [0.2, 0.25) is 5.91 Å².